The quantitative estimate of drug-likeness (QED) is 0.276. The second-order valence-corrected chi connectivity index (χ2v) is 8.87. The van der Waals surface area contributed by atoms with Crippen molar-refractivity contribution in [3.8, 4) is 0 Å². The molecule has 0 aliphatic carbocycles. The molecule has 0 fully saturated rings. The van der Waals surface area contributed by atoms with Gasteiger partial charge in [-0.2, -0.15) is 0 Å². The Morgan fingerprint density at radius 2 is 1.79 bits per heavy atom. The summed E-state index contributed by atoms with van der Waals surface area (Å²) in [4.78, 5) is 42.9. The number of methoxy groups -OCH3 is 1. The van der Waals surface area contributed by atoms with E-state index in [1.807, 2.05) is 20.8 Å². The second-order valence-electron chi connectivity index (χ2n) is 8.87. The summed E-state index contributed by atoms with van der Waals surface area (Å²) < 4.78 is 15.8. The predicted octanol–water partition coefficient (Wildman–Crippen LogP) is 2.79. The summed E-state index contributed by atoms with van der Waals surface area (Å²) in [6, 6.07) is 0. The van der Waals surface area contributed by atoms with E-state index in [9.17, 15) is 14.4 Å². The summed E-state index contributed by atoms with van der Waals surface area (Å²) in [6.07, 6.45) is 1.48. The Morgan fingerprint density at radius 1 is 1.09 bits per heavy atom. The van der Waals surface area contributed by atoms with Gasteiger partial charge < -0.3 is 29.4 Å². The molecule has 0 spiro atoms. The third-order valence-electron chi connectivity index (χ3n) is 5.89. The first kappa shape index (κ1) is 29.6. The van der Waals surface area contributed by atoms with Gasteiger partial charge in [-0.15, -0.1) is 0 Å². The molecule has 0 aromatic carbocycles. The van der Waals surface area contributed by atoms with Crippen molar-refractivity contribution < 1.29 is 28.6 Å². The van der Waals surface area contributed by atoms with E-state index >= 15 is 0 Å². The number of hydrogen-bond acceptors (Lipinski definition) is 7. The van der Waals surface area contributed by atoms with Crippen molar-refractivity contribution in [1.82, 2.24) is 15.2 Å². The van der Waals surface area contributed by atoms with Gasteiger partial charge in [0.2, 0.25) is 5.91 Å². The first-order chi connectivity index (χ1) is 16.1. The molecule has 0 bridgehead atoms. The Bertz CT molecular complexity index is 803. The summed E-state index contributed by atoms with van der Waals surface area (Å²) >= 11 is 0. The van der Waals surface area contributed by atoms with Crippen LogP contribution in [0.2, 0.25) is 0 Å². The normalized spacial score (nSPS) is 11.5. The largest absolute Gasteiger partial charge is 0.466 e. The Hall–Kier alpha value is -2.39. The highest BCUT2D eigenvalue weighted by Crippen LogP contribution is 2.24. The van der Waals surface area contributed by atoms with Crippen LogP contribution in [0.3, 0.4) is 0 Å². The van der Waals surface area contributed by atoms with Crippen LogP contribution in [0, 0.1) is 6.92 Å². The number of H-pyrrole nitrogens is 1. The van der Waals surface area contributed by atoms with Gasteiger partial charge in [0, 0.05) is 25.9 Å². The zero-order valence-corrected chi connectivity index (χ0v) is 22.0. The van der Waals surface area contributed by atoms with E-state index in [1.165, 1.54) is 0 Å². The summed E-state index contributed by atoms with van der Waals surface area (Å²) in [6.45, 7) is 15.3. The minimum Gasteiger partial charge on any atom is -0.466 e. The first-order valence-corrected chi connectivity index (χ1v) is 12.2. The van der Waals surface area contributed by atoms with Crippen molar-refractivity contribution in [1.29, 1.82) is 0 Å². The standard InChI is InChI=1S/C25H43N3O6/c1-8-25(5,6)34-24(31)23-18(4)19(16-22(30)33-10-3)20(27-23)17-21(29)26-12-11-13-28(9-2)14-15-32-7/h27H,8-17H2,1-7H3,(H,26,29). The van der Waals surface area contributed by atoms with E-state index in [4.69, 9.17) is 14.2 Å². The van der Waals surface area contributed by atoms with E-state index in [0.717, 1.165) is 26.1 Å². The van der Waals surface area contributed by atoms with Crippen molar-refractivity contribution in [3.63, 3.8) is 0 Å². The molecular formula is C25H43N3O6. The lowest BCUT2D eigenvalue weighted by molar-refractivity contribution is -0.142. The van der Waals surface area contributed by atoms with Gasteiger partial charge in [0.1, 0.15) is 11.3 Å². The number of rotatable bonds is 16. The van der Waals surface area contributed by atoms with Crippen LogP contribution in [-0.4, -0.2) is 79.8 Å². The fourth-order valence-electron chi connectivity index (χ4n) is 3.42. The van der Waals surface area contributed by atoms with Gasteiger partial charge in [-0.1, -0.05) is 13.8 Å². The zero-order chi connectivity index (χ0) is 25.7. The Labute approximate surface area is 203 Å². The van der Waals surface area contributed by atoms with Crippen LogP contribution in [0.15, 0.2) is 0 Å². The third kappa shape index (κ3) is 9.85. The van der Waals surface area contributed by atoms with Gasteiger partial charge in [0.05, 0.1) is 26.1 Å². The summed E-state index contributed by atoms with van der Waals surface area (Å²) in [5.41, 5.74) is 1.37. The molecule has 9 nitrogen and oxygen atoms in total. The van der Waals surface area contributed by atoms with Gasteiger partial charge in [0.15, 0.2) is 0 Å². The number of likely N-dealkylation sites (N-methyl/N-ethyl adjacent to an activating group) is 1. The fourth-order valence-corrected chi connectivity index (χ4v) is 3.42. The molecule has 9 heteroatoms. The summed E-state index contributed by atoms with van der Waals surface area (Å²) in [7, 11) is 1.68. The number of nitrogens with zero attached hydrogens (tertiary/aromatic N) is 1. The lowest BCUT2D eigenvalue weighted by Gasteiger charge is -2.23. The molecule has 34 heavy (non-hydrogen) atoms. The van der Waals surface area contributed by atoms with E-state index in [2.05, 4.69) is 22.1 Å². The minimum atomic E-state index is -0.622. The molecule has 1 aromatic rings. The Balaban J connectivity index is 2.88. The van der Waals surface area contributed by atoms with Gasteiger partial charge in [0.25, 0.3) is 0 Å². The molecule has 0 saturated heterocycles. The van der Waals surface area contributed by atoms with Crippen molar-refractivity contribution in [2.24, 2.45) is 0 Å². The van der Waals surface area contributed by atoms with E-state index in [0.29, 0.717) is 36.4 Å². The predicted molar refractivity (Wildman–Crippen MR) is 131 cm³/mol. The fraction of sp³-hybridized carbons (Fsp3) is 0.720. The molecule has 194 valence electrons. The molecule has 1 rings (SSSR count). The van der Waals surface area contributed by atoms with Crippen LogP contribution in [0.4, 0.5) is 0 Å². The first-order valence-electron chi connectivity index (χ1n) is 12.2. The number of hydrogen-bond donors (Lipinski definition) is 2. The van der Waals surface area contributed by atoms with Crippen LogP contribution >= 0.6 is 0 Å². The Kier molecular flexibility index (Phi) is 12.9. The van der Waals surface area contributed by atoms with Gasteiger partial charge in [-0.05, 0) is 64.8 Å². The highest BCUT2D eigenvalue weighted by molar-refractivity contribution is 5.91. The highest BCUT2D eigenvalue weighted by Gasteiger charge is 2.27. The molecule has 2 N–H and O–H groups in total. The van der Waals surface area contributed by atoms with E-state index in [1.54, 1.807) is 21.0 Å². The molecular weight excluding hydrogens is 438 g/mol. The molecule has 1 heterocycles. The average molecular weight is 482 g/mol. The third-order valence-corrected chi connectivity index (χ3v) is 5.89. The van der Waals surface area contributed by atoms with Gasteiger partial charge in [-0.3, -0.25) is 9.59 Å². The smallest absolute Gasteiger partial charge is 0.355 e. The molecule has 0 saturated carbocycles. The van der Waals surface area contributed by atoms with Crippen LogP contribution in [0.1, 0.15) is 74.8 Å². The molecule has 0 atom stereocenters. The molecule has 1 aromatic heterocycles. The van der Waals surface area contributed by atoms with Crippen molar-refractivity contribution in [2.75, 3.05) is 46.5 Å². The number of amides is 1. The average Bonchev–Trinajstić information content (AvgIpc) is 3.08. The molecule has 1 amide bonds. The minimum absolute atomic E-state index is 0.0196. The maximum absolute atomic E-state index is 12.8. The lowest BCUT2D eigenvalue weighted by atomic mass is 10.0. The van der Waals surface area contributed by atoms with Crippen LogP contribution in [-0.2, 0) is 36.6 Å². The molecule has 0 unspecified atom stereocenters. The number of aromatic amines is 1. The highest BCUT2D eigenvalue weighted by atomic mass is 16.6. The lowest BCUT2D eigenvalue weighted by Crippen LogP contribution is -2.32. The molecule has 0 radical (unpaired) electrons. The molecule has 0 aliphatic rings. The van der Waals surface area contributed by atoms with E-state index < -0.39 is 17.5 Å². The van der Waals surface area contributed by atoms with Crippen molar-refractivity contribution in [3.05, 3.63) is 22.5 Å². The number of nitrogens with one attached hydrogen (secondary N) is 2. The SMILES string of the molecule is CCOC(=O)Cc1c(CC(=O)NCCCN(CC)CCOC)[nH]c(C(=O)OC(C)(C)CC)c1C. The van der Waals surface area contributed by atoms with Crippen molar-refractivity contribution in [2.45, 2.75) is 72.8 Å². The number of aromatic nitrogens is 1. The van der Waals surface area contributed by atoms with E-state index in [-0.39, 0.29) is 31.0 Å². The number of ether oxygens (including phenoxy) is 3. The van der Waals surface area contributed by atoms with Crippen molar-refractivity contribution >= 4 is 17.8 Å². The molecule has 0 aliphatic heterocycles. The maximum atomic E-state index is 12.8. The van der Waals surface area contributed by atoms with Crippen LogP contribution in [0.25, 0.3) is 0 Å². The number of esters is 2. The monoisotopic (exact) mass is 481 g/mol. The summed E-state index contributed by atoms with van der Waals surface area (Å²) in [5.74, 6) is -1.09. The topological polar surface area (TPSA) is 110 Å². The van der Waals surface area contributed by atoms with Gasteiger partial charge >= 0.3 is 11.9 Å². The number of carbonyl (C=O) groups excluding carboxylic acids is 3. The zero-order valence-electron chi connectivity index (χ0n) is 22.0. The number of carbonyl (C=O) groups is 3. The van der Waals surface area contributed by atoms with Gasteiger partial charge in [-0.25, -0.2) is 4.79 Å². The summed E-state index contributed by atoms with van der Waals surface area (Å²) in [5, 5.41) is 2.93. The second kappa shape index (κ2) is 14.8. The Morgan fingerprint density at radius 3 is 2.38 bits per heavy atom. The van der Waals surface area contributed by atoms with Crippen LogP contribution < -0.4 is 5.32 Å². The maximum Gasteiger partial charge on any atom is 0.355 e. The van der Waals surface area contributed by atoms with Crippen LogP contribution in [0.5, 0.6) is 0 Å².